The molecular weight excluding hydrogens is 428 g/mol. The number of thiazole rings is 1. The van der Waals surface area contributed by atoms with Gasteiger partial charge in [0.15, 0.2) is 5.13 Å². The SMILES string of the molecule is Cc1ccc(-c2csc(NC(=O)c3cc(S(=O)(=O)N4CCCCC4)cn3C)n2)s1. The predicted octanol–water partition coefficient (Wildman–Crippen LogP) is 3.95. The Bertz CT molecular complexity index is 1140. The van der Waals surface area contributed by atoms with E-state index in [-0.39, 0.29) is 16.5 Å². The van der Waals surface area contributed by atoms with E-state index < -0.39 is 10.0 Å². The van der Waals surface area contributed by atoms with E-state index in [1.54, 1.807) is 23.0 Å². The monoisotopic (exact) mass is 450 g/mol. The number of amides is 1. The highest BCUT2D eigenvalue weighted by atomic mass is 32.2. The minimum Gasteiger partial charge on any atom is -0.345 e. The molecule has 0 saturated carbocycles. The number of rotatable bonds is 5. The summed E-state index contributed by atoms with van der Waals surface area (Å²) in [4.78, 5) is 19.6. The molecule has 0 radical (unpaired) electrons. The van der Waals surface area contributed by atoms with E-state index in [0.717, 1.165) is 29.8 Å². The number of nitrogens with zero attached hydrogens (tertiary/aromatic N) is 3. The van der Waals surface area contributed by atoms with E-state index in [1.807, 2.05) is 24.4 Å². The number of carbonyl (C=O) groups is 1. The Balaban J connectivity index is 1.52. The van der Waals surface area contributed by atoms with Crippen LogP contribution in [0.15, 0.2) is 34.7 Å². The summed E-state index contributed by atoms with van der Waals surface area (Å²) >= 11 is 2.99. The maximum atomic E-state index is 12.9. The van der Waals surface area contributed by atoms with Crippen molar-refractivity contribution in [2.24, 2.45) is 7.05 Å². The first kappa shape index (κ1) is 20.3. The molecule has 1 aliphatic heterocycles. The highest BCUT2D eigenvalue weighted by Gasteiger charge is 2.28. The fourth-order valence-electron chi connectivity index (χ4n) is 3.33. The van der Waals surface area contributed by atoms with Gasteiger partial charge in [-0.2, -0.15) is 4.31 Å². The summed E-state index contributed by atoms with van der Waals surface area (Å²) in [5.41, 5.74) is 1.10. The van der Waals surface area contributed by atoms with Crippen molar-refractivity contribution < 1.29 is 13.2 Å². The smallest absolute Gasteiger partial charge is 0.274 e. The minimum atomic E-state index is -3.58. The van der Waals surface area contributed by atoms with E-state index in [1.165, 1.54) is 32.8 Å². The first-order valence-corrected chi connectivity index (χ1v) is 12.5. The van der Waals surface area contributed by atoms with Gasteiger partial charge >= 0.3 is 0 Å². The molecule has 4 rings (SSSR count). The van der Waals surface area contributed by atoms with Crippen LogP contribution < -0.4 is 5.32 Å². The van der Waals surface area contributed by atoms with Crippen LogP contribution in [0.5, 0.6) is 0 Å². The number of aromatic nitrogens is 2. The quantitative estimate of drug-likeness (QED) is 0.638. The average molecular weight is 451 g/mol. The molecule has 3 aromatic heterocycles. The van der Waals surface area contributed by atoms with Crippen molar-refractivity contribution in [2.75, 3.05) is 18.4 Å². The van der Waals surface area contributed by atoms with Crippen LogP contribution in [0.3, 0.4) is 0 Å². The largest absolute Gasteiger partial charge is 0.345 e. The van der Waals surface area contributed by atoms with Crippen molar-refractivity contribution in [3.05, 3.63) is 40.3 Å². The Labute approximate surface area is 178 Å². The molecule has 3 aromatic rings. The Kier molecular flexibility index (Phi) is 5.60. The highest BCUT2D eigenvalue weighted by molar-refractivity contribution is 7.89. The number of thiophene rings is 1. The molecule has 0 atom stereocenters. The van der Waals surface area contributed by atoms with Gasteiger partial charge in [-0.25, -0.2) is 13.4 Å². The van der Waals surface area contributed by atoms with Gasteiger partial charge in [0.05, 0.1) is 10.6 Å². The zero-order valence-electron chi connectivity index (χ0n) is 16.2. The second-order valence-corrected chi connectivity index (χ2v) is 11.1. The van der Waals surface area contributed by atoms with Gasteiger partial charge in [0, 0.05) is 36.6 Å². The molecule has 29 heavy (non-hydrogen) atoms. The maximum absolute atomic E-state index is 12.9. The predicted molar refractivity (Wildman–Crippen MR) is 116 cm³/mol. The molecule has 1 amide bonds. The summed E-state index contributed by atoms with van der Waals surface area (Å²) in [6.07, 6.45) is 4.29. The molecule has 0 bridgehead atoms. The van der Waals surface area contributed by atoms with E-state index in [9.17, 15) is 13.2 Å². The average Bonchev–Trinajstić information content (AvgIpc) is 3.42. The molecule has 0 aliphatic carbocycles. The number of hydrogen-bond acceptors (Lipinski definition) is 6. The summed E-state index contributed by atoms with van der Waals surface area (Å²) < 4.78 is 28.8. The Morgan fingerprint density at radius 3 is 2.66 bits per heavy atom. The Morgan fingerprint density at radius 2 is 1.97 bits per heavy atom. The molecule has 1 aliphatic rings. The van der Waals surface area contributed by atoms with Crippen LogP contribution in [0, 0.1) is 6.92 Å². The lowest BCUT2D eigenvalue weighted by Crippen LogP contribution is -2.35. The molecule has 154 valence electrons. The highest BCUT2D eigenvalue weighted by Crippen LogP contribution is 2.30. The second kappa shape index (κ2) is 8.02. The number of carbonyl (C=O) groups excluding carboxylic acids is 1. The lowest BCUT2D eigenvalue weighted by atomic mass is 10.2. The standard InChI is InChI=1S/C19H22N4O3S3/c1-13-6-7-17(28-13)15-12-27-19(20-15)21-18(24)16-10-14(11-22(16)2)29(25,26)23-8-4-3-5-9-23/h6-7,10-12H,3-5,8-9H2,1-2H3,(H,20,21,24). The zero-order valence-corrected chi connectivity index (χ0v) is 18.7. The molecule has 4 heterocycles. The van der Waals surface area contributed by atoms with Crippen LogP contribution >= 0.6 is 22.7 Å². The number of anilines is 1. The second-order valence-electron chi connectivity index (χ2n) is 7.04. The topological polar surface area (TPSA) is 84.3 Å². The summed E-state index contributed by atoms with van der Waals surface area (Å²) in [6.45, 7) is 3.10. The molecule has 0 aromatic carbocycles. The van der Waals surface area contributed by atoms with Gasteiger partial charge in [0.2, 0.25) is 10.0 Å². The van der Waals surface area contributed by atoms with E-state index in [2.05, 4.69) is 10.3 Å². The lowest BCUT2D eigenvalue weighted by Gasteiger charge is -2.25. The molecule has 1 N–H and O–H groups in total. The van der Waals surface area contributed by atoms with Gasteiger partial charge in [-0.05, 0) is 38.0 Å². The summed E-state index contributed by atoms with van der Waals surface area (Å²) in [5.74, 6) is -0.379. The molecule has 1 fully saturated rings. The third-order valence-corrected chi connectivity index (χ3v) is 8.53. The third kappa shape index (κ3) is 4.16. The van der Waals surface area contributed by atoms with Gasteiger partial charge in [-0.15, -0.1) is 22.7 Å². The van der Waals surface area contributed by atoms with Crippen LogP contribution in [0.4, 0.5) is 5.13 Å². The van der Waals surface area contributed by atoms with Crippen molar-refractivity contribution in [3.63, 3.8) is 0 Å². The van der Waals surface area contributed by atoms with Crippen molar-refractivity contribution in [2.45, 2.75) is 31.1 Å². The van der Waals surface area contributed by atoms with Gasteiger partial charge in [0.1, 0.15) is 10.6 Å². The van der Waals surface area contributed by atoms with Crippen molar-refractivity contribution in [1.29, 1.82) is 0 Å². The third-order valence-electron chi connectivity index (χ3n) is 4.88. The molecular formula is C19H22N4O3S3. The van der Waals surface area contributed by atoms with Crippen molar-refractivity contribution in [1.82, 2.24) is 13.9 Å². The van der Waals surface area contributed by atoms with E-state index in [4.69, 9.17) is 0 Å². The van der Waals surface area contributed by atoms with E-state index in [0.29, 0.717) is 18.2 Å². The van der Waals surface area contributed by atoms with Gasteiger partial charge < -0.3 is 4.57 Å². The van der Waals surface area contributed by atoms with Crippen LogP contribution in [0.2, 0.25) is 0 Å². The van der Waals surface area contributed by atoms with Gasteiger partial charge in [-0.1, -0.05) is 6.42 Å². The minimum absolute atomic E-state index is 0.154. The number of nitrogens with one attached hydrogen (secondary N) is 1. The fourth-order valence-corrected chi connectivity index (χ4v) is 6.53. The summed E-state index contributed by atoms with van der Waals surface area (Å²) in [7, 11) is -1.91. The van der Waals surface area contributed by atoms with Crippen LogP contribution in [0.1, 0.15) is 34.6 Å². The molecule has 0 unspecified atom stereocenters. The molecule has 1 saturated heterocycles. The van der Waals surface area contributed by atoms with Gasteiger partial charge in [-0.3, -0.25) is 10.1 Å². The molecule has 7 nitrogen and oxygen atoms in total. The first-order valence-electron chi connectivity index (χ1n) is 9.35. The van der Waals surface area contributed by atoms with Crippen molar-refractivity contribution in [3.8, 4) is 10.6 Å². The fraction of sp³-hybridized carbons (Fsp3) is 0.368. The summed E-state index contributed by atoms with van der Waals surface area (Å²) in [6, 6.07) is 5.48. The van der Waals surface area contributed by atoms with Crippen LogP contribution in [0.25, 0.3) is 10.6 Å². The Hall–Kier alpha value is -2.01. The van der Waals surface area contributed by atoms with E-state index >= 15 is 0 Å². The van der Waals surface area contributed by atoms with Crippen molar-refractivity contribution >= 4 is 43.7 Å². The number of aryl methyl sites for hydroxylation is 2. The lowest BCUT2D eigenvalue weighted by molar-refractivity contribution is 0.101. The van der Waals surface area contributed by atoms with Crippen LogP contribution in [-0.2, 0) is 17.1 Å². The maximum Gasteiger partial charge on any atom is 0.274 e. The number of hydrogen-bond donors (Lipinski definition) is 1. The summed E-state index contributed by atoms with van der Waals surface area (Å²) in [5, 5.41) is 5.17. The van der Waals surface area contributed by atoms with Crippen LogP contribution in [-0.4, -0.2) is 41.3 Å². The Morgan fingerprint density at radius 1 is 1.21 bits per heavy atom. The van der Waals surface area contributed by atoms with Gasteiger partial charge in [0.25, 0.3) is 5.91 Å². The number of sulfonamides is 1. The molecule has 10 heteroatoms. The molecule has 0 spiro atoms. The number of piperidine rings is 1. The normalized spacial score (nSPS) is 15.5. The first-order chi connectivity index (χ1) is 13.8. The zero-order chi connectivity index (χ0) is 20.6.